The van der Waals surface area contributed by atoms with Gasteiger partial charge in [0.1, 0.15) is 6.07 Å². The van der Waals surface area contributed by atoms with Crippen molar-refractivity contribution in [1.82, 2.24) is 4.57 Å². The molecule has 2 aromatic rings. The molecule has 0 atom stereocenters. The van der Waals surface area contributed by atoms with E-state index < -0.39 is 5.97 Å². The van der Waals surface area contributed by atoms with Crippen molar-refractivity contribution in [2.24, 2.45) is 5.92 Å². The van der Waals surface area contributed by atoms with Gasteiger partial charge in [-0.15, -0.1) is 0 Å². The van der Waals surface area contributed by atoms with Gasteiger partial charge in [-0.2, -0.15) is 5.26 Å². The molecule has 3 rings (SSSR count). The number of Topliss-reactive ketones (excluding diaryl/α,β-unsaturated/α-hetero) is 1. The van der Waals surface area contributed by atoms with Crippen LogP contribution in [0.1, 0.15) is 53.1 Å². The highest BCUT2D eigenvalue weighted by molar-refractivity contribution is 6.01. The summed E-state index contributed by atoms with van der Waals surface area (Å²) in [5, 5.41) is 9.30. The van der Waals surface area contributed by atoms with E-state index >= 15 is 0 Å². The summed E-state index contributed by atoms with van der Waals surface area (Å²) < 4.78 is 6.29. The third-order valence-electron chi connectivity index (χ3n) is 5.31. The number of rotatable bonds is 4. The summed E-state index contributed by atoms with van der Waals surface area (Å²) in [7, 11) is 1.25. The van der Waals surface area contributed by atoms with Crippen LogP contribution in [0.15, 0.2) is 24.4 Å². The number of esters is 1. The molecule has 0 spiro atoms. The Balaban J connectivity index is 2.12. The number of nitrogens with two attached hydrogens (primary N) is 1. The summed E-state index contributed by atoms with van der Waals surface area (Å²) in [6.07, 6.45) is 3.69. The van der Waals surface area contributed by atoms with Crippen molar-refractivity contribution in [2.75, 3.05) is 30.8 Å². The molecular weight excluding hydrogens is 356 g/mol. The third-order valence-corrected chi connectivity index (χ3v) is 5.31. The number of nitrogens with zero attached hydrogens (tertiary/aromatic N) is 3. The Bertz CT molecular complexity index is 963. The van der Waals surface area contributed by atoms with Gasteiger partial charge in [-0.1, -0.05) is 6.92 Å². The van der Waals surface area contributed by atoms with Crippen LogP contribution in [-0.4, -0.2) is 36.5 Å². The molecule has 146 valence electrons. The van der Waals surface area contributed by atoms with E-state index in [-0.39, 0.29) is 22.7 Å². The summed E-state index contributed by atoms with van der Waals surface area (Å²) in [6, 6.07) is 7.54. The summed E-state index contributed by atoms with van der Waals surface area (Å²) in [5.41, 5.74) is 8.14. The SMILES string of the molecule is COC(=O)c1c(N)c(C#N)cn1-c1ccc(N2CCC(C)CC2)cc1C(C)=O. The Kier molecular flexibility index (Phi) is 5.41. The molecular formula is C21H24N4O3. The number of nitriles is 1. The standard InChI is InChI=1S/C21H24N4O3/c1-13-6-8-24(9-7-13)16-4-5-18(17(10-16)14(2)26)25-12-15(11-22)19(23)20(25)21(27)28-3/h4-5,10,12-13H,6-9,23H2,1-3H3. The summed E-state index contributed by atoms with van der Waals surface area (Å²) in [4.78, 5) is 26.9. The van der Waals surface area contributed by atoms with E-state index in [4.69, 9.17) is 10.5 Å². The van der Waals surface area contributed by atoms with Crippen LogP contribution in [0.3, 0.4) is 0 Å². The molecule has 1 aromatic heterocycles. The molecule has 0 bridgehead atoms. The number of carbonyl (C=O) groups is 2. The van der Waals surface area contributed by atoms with Gasteiger partial charge >= 0.3 is 5.97 Å². The fourth-order valence-electron chi connectivity index (χ4n) is 3.58. The zero-order valence-corrected chi connectivity index (χ0v) is 16.4. The zero-order valence-electron chi connectivity index (χ0n) is 16.4. The first-order chi connectivity index (χ1) is 13.4. The van der Waals surface area contributed by atoms with Gasteiger partial charge in [0.25, 0.3) is 0 Å². The van der Waals surface area contributed by atoms with Gasteiger partial charge in [-0.25, -0.2) is 4.79 Å². The smallest absolute Gasteiger partial charge is 0.357 e. The monoisotopic (exact) mass is 380 g/mol. The minimum Gasteiger partial charge on any atom is -0.464 e. The van der Waals surface area contributed by atoms with Crippen LogP contribution < -0.4 is 10.6 Å². The first kappa shape index (κ1) is 19.5. The quantitative estimate of drug-likeness (QED) is 0.646. The lowest BCUT2D eigenvalue weighted by Crippen LogP contribution is -2.32. The number of benzene rings is 1. The van der Waals surface area contributed by atoms with E-state index in [0.29, 0.717) is 17.2 Å². The normalized spacial score (nSPS) is 14.6. The van der Waals surface area contributed by atoms with Crippen molar-refractivity contribution in [3.05, 3.63) is 41.2 Å². The first-order valence-electron chi connectivity index (χ1n) is 9.26. The minimum atomic E-state index is -0.664. The van der Waals surface area contributed by atoms with Crippen molar-refractivity contribution < 1.29 is 14.3 Å². The first-order valence-corrected chi connectivity index (χ1v) is 9.26. The van der Waals surface area contributed by atoms with Crippen LogP contribution in [0.5, 0.6) is 0 Å². The van der Waals surface area contributed by atoms with Gasteiger partial charge in [0, 0.05) is 30.5 Å². The number of methoxy groups -OCH3 is 1. The Morgan fingerprint density at radius 2 is 1.96 bits per heavy atom. The fourth-order valence-corrected chi connectivity index (χ4v) is 3.58. The molecule has 1 saturated heterocycles. The van der Waals surface area contributed by atoms with Crippen LogP contribution in [-0.2, 0) is 4.74 Å². The van der Waals surface area contributed by atoms with Crippen LogP contribution in [0.2, 0.25) is 0 Å². The number of carbonyl (C=O) groups excluding carboxylic acids is 2. The molecule has 2 heterocycles. The fraction of sp³-hybridized carbons (Fsp3) is 0.381. The van der Waals surface area contributed by atoms with Crippen LogP contribution >= 0.6 is 0 Å². The third kappa shape index (κ3) is 3.46. The van der Waals surface area contributed by atoms with Crippen molar-refractivity contribution in [3.8, 4) is 11.8 Å². The highest BCUT2D eigenvalue weighted by Gasteiger charge is 2.25. The average Bonchev–Trinajstić information content (AvgIpc) is 3.03. The second-order valence-corrected chi connectivity index (χ2v) is 7.21. The number of hydrogen-bond donors (Lipinski definition) is 1. The predicted molar refractivity (Wildman–Crippen MR) is 107 cm³/mol. The van der Waals surface area contributed by atoms with E-state index in [9.17, 15) is 14.9 Å². The molecule has 0 amide bonds. The maximum atomic E-state index is 12.4. The van der Waals surface area contributed by atoms with E-state index in [1.54, 1.807) is 6.07 Å². The highest BCUT2D eigenvalue weighted by atomic mass is 16.5. The Morgan fingerprint density at radius 1 is 1.29 bits per heavy atom. The maximum absolute atomic E-state index is 12.4. The minimum absolute atomic E-state index is 0.0398. The Morgan fingerprint density at radius 3 is 2.54 bits per heavy atom. The molecule has 0 aliphatic carbocycles. The van der Waals surface area contributed by atoms with Gasteiger partial charge in [0.2, 0.25) is 0 Å². The molecule has 7 nitrogen and oxygen atoms in total. The number of aromatic nitrogens is 1. The lowest BCUT2D eigenvalue weighted by atomic mass is 9.98. The molecule has 1 fully saturated rings. The second kappa shape index (κ2) is 7.77. The van der Waals surface area contributed by atoms with Crippen molar-refractivity contribution >= 4 is 23.1 Å². The van der Waals surface area contributed by atoms with Crippen LogP contribution in [0, 0.1) is 17.2 Å². The molecule has 0 unspecified atom stereocenters. The summed E-state index contributed by atoms with van der Waals surface area (Å²) in [6.45, 7) is 5.62. The number of ether oxygens (including phenoxy) is 1. The highest BCUT2D eigenvalue weighted by Crippen LogP contribution is 2.30. The summed E-state index contributed by atoms with van der Waals surface area (Å²) in [5.74, 6) is -0.0934. The Labute approximate surface area is 164 Å². The molecule has 1 aromatic carbocycles. The van der Waals surface area contributed by atoms with Gasteiger partial charge in [-0.05, 0) is 43.9 Å². The number of anilines is 2. The molecule has 0 saturated carbocycles. The van der Waals surface area contributed by atoms with Crippen molar-refractivity contribution in [1.29, 1.82) is 5.26 Å². The maximum Gasteiger partial charge on any atom is 0.357 e. The van der Waals surface area contributed by atoms with E-state index in [1.165, 1.54) is 24.8 Å². The van der Waals surface area contributed by atoms with E-state index in [2.05, 4.69) is 11.8 Å². The number of nitrogen functional groups attached to an aromatic ring is 1. The average molecular weight is 380 g/mol. The van der Waals surface area contributed by atoms with Crippen molar-refractivity contribution in [2.45, 2.75) is 26.7 Å². The lowest BCUT2D eigenvalue weighted by Gasteiger charge is -2.32. The van der Waals surface area contributed by atoms with Gasteiger partial charge in [0.05, 0.1) is 24.0 Å². The molecule has 1 aliphatic heterocycles. The molecule has 28 heavy (non-hydrogen) atoms. The molecule has 1 aliphatic rings. The van der Waals surface area contributed by atoms with Crippen molar-refractivity contribution in [3.63, 3.8) is 0 Å². The topological polar surface area (TPSA) is 101 Å². The largest absolute Gasteiger partial charge is 0.464 e. The zero-order chi connectivity index (χ0) is 20.4. The number of hydrogen-bond acceptors (Lipinski definition) is 6. The molecule has 7 heteroatoms. The van der Waals surface area contributed by atoms with Gasteiger partial charge in [0.15, 0.2) is 11.5 Å². The second-order valence-electron chi connectivity index (χ2n) is 7.21. The number of piperidine rings is 1. The lowest BCUT2D eigenvalue weighted by molar-refractivity contribution is 0.0592. The van der Waals surface area contributed by atoms with Gasteiger partial charge < -0.3 is 19.9 Å². The predicted octanol–water partition coefficient (Wildman–Crippen LogP) is 3.16. The van der Waals surface area contributed by atoms with Crippen LogP contribution in [0.4, 0.5) is 11.4 Å². The molecule has 2 N–H and O–H groups in total. The molecule has 0 radical (unpaired) electrons. The Hall–Kier alpha value is -3.27. The van der Waals surface area contributed by atoms with E-state index in [1.807, 2.05) is 18.2 Å². The van der Waals surface area contributed by atoms with Gasteiger partial charge in [-0.3, -0.25) is 4.79 Å². The van der Waals surface area contributed by atoms with Crippen LogP contribution in [0.25, 0.3) is 5.69 Å². The number of ketones is 1. The summed E-state index contributed by atoms with van der Waals surface area (Å²) >= 11 is 0. The van der Waals surface area contributed by atoms with E-state index in [0.717, 1.165) is 31.6 Å².